The molecule has 1 amide bonds. The van der Waals surface area contributed by atoms with Crippen molar-refractivity contribution in [1.29, 1.82) is 0 Å². The number of anilines is 1. The SMILES string of the molecule is CC(C)CNC(=O)C(C)n1nnnc1N. The average molecular weight is 212 g/mol. The number of tetrazole rings is 1. The molecule has 1 rings (SSSR count). The molecule has 0 aliphatic carbocycles. The van der Waals surface area contributed by atoms with Crippen molar-refractivity contribution in [3.05, 3.63) is 0 Å². The van der Waals surface area contributed by atoms with Gasteiger partial charge in [0.05, 0.1) is 0 Å². The maximum absolute atomic E-state index is 11.6. The lowest BCUT2D eigenvalue weighted by molar-refractivity contribution is -0.124. The topological polar surface area (TPSA) is 98.7 Å². The second kappa shape index (κ2) is 4.72. The van der Waals surface area contributed by atoms with Crippen molar-refractivity contribution in [3.8, 4) is 0 Å². The molecule has 0 aromatic carbocycles. The zero-order chi connectivity index (χ0) is 11.4. The van der Waals surface area contributed by atoms with E-state index in [1.807, 2.05) is 13.8 Å². The van der Waals surface area contributed by atoms with Crippen LogP contribution in [0.3, 0.4) is 0 Å². The summed E-state index contributed by atoms with van der Waals surface area (Å²) in [7, 11) is 0. The molecule has 0 aliphatic heterocycles. The van der Waals surface area contributed by atoms with Crippen molar-refractivity contribution in [2.75, 3.05) is 12.3 Å². The molecule has 3 N–H and O–H groups in total. The maximum atomic E-state index is 11.6. The van der Waals surface area contributed by atoms with E-state index in [0.29, 0.717) is 12.5 Å². The van der Waals surface area contributed by atoms with Crippen molar-refractivity contribution >= 4 is 11.9 Å². The first-order valence-corrected chi connectivity index (χ1v) is 4.83. The Hall–Kier alpha value is -1.66. The first kappa shape index (κ1) is 11.4. The van der Waals surface area contributed by atoms with Crippen molar-refractivity contribution in [1.82, 2.24) is 25.5 Å². The molecule has 7 nitrogen and oxygen atoms in total. The fourth-order valence-electron chi connectivity index (χ4n) is 1.04. The van der Waals surface area contributed by atoms with Gasteiger partial charge in [-0.3, -0.25) is 4.79 Å². The summed E-state index contributed by atoms with van der Waals surface area (Å²) < 4.78 is 1.29. The molecule has 1 heterocycles. The van der Waals surface area contributed by atoms with Crippen LogP contribution in [0.15, 0.2) is 0 Å². The highest BCUT2D eigenvalue weighted by Gasteiger charge is 2.18. The van der Waals surface area contributed by atoms with Gasteiger partial charge in [0.1, 0.15) is 6.04 Å². The number of nitrogens with two attached hydrogens (primary N) is 1. The van der Waals surface area contributed by atoms with E-state index < -0.39 is 6.04 Å². The number of amides is 1. The molecule has 0 fully saturated rings. The monoisotopic (exact) mass is 212 g/mol. The molecule has 1 aromatic heterocycles. The number of aromatic nitrogens is 4. The van der Waals surface area contributed by atoms with E-state index in [4.69, 9.17) is 5.73 Å². The van der Waals surface area contributed by atoms with Crippen molar-refractivity contribution in [2.24, 2.45) is 5.92 Å². The van der Waals surface area contributed by atoms with Crippen LogP contribution in [0.25, 0.3) is 0 Å². The van der Waals surface area contributed by atoms with E-state index in [9.17, 15) is 4.79 Å². The van der Waals surface area contributed by atoms with Crippen molar-refractivity contribution < 1.29 is 4.79 Å². The zero-order valence-electron chi connectivity index (χ0n) is 9.14. The van der Waals surface area contributed by atoms with Gasteiger partial charge < -0.3 is 11.1 Å². The summed E-state index contributed by atoms with van der Waals surface area (Å²) in [6.07, 6.45) is 0. The number of rotatable bonds is 4. The first-order valence-electron chi connectivity index (χ1n) is 4.83. The van der Waals surface area contributed by atoms with Gasteiger partial charge >= 0.3 is 0 Å². The normalized spacial score (nSPS) is 12.8. The van der Waals surface area contributed by atoms with E-state index in [1.165, 1.54) is 4.68 Å². The molecule has 7 heteroatoms. The van der Waals surface area contributed by atoms with Gasteiger partial charge in [0.15, 0.2) is 0 Å². The third-order valence-electron chi connectivity index (χ3n) is 1.95. The highest BCUT2D eigenvalue weighted by Crippen LogP contribution is 2.06. The fraction of sp³-hybridized carbons (Fsp3) is 0.750. The number of hydrogen-bond acceptors (Lipinski definition) is 5. The van der Waals surface area contributed by atoms with Gasteiger partial charge in [-0.05, 0) is 23.3 Å². The standard InChI is InChI=1S/C8H16N6O/c1-5(2)4-10-7(15)6(3)14-8(9)11-12-13-14/h5-6H,4H2,1-3H3,(H,10,15)(H2,9,11,13). The van der Waals surface area contributed by atoms with Crippen LogP contribution in [0.5, 0.6) is 0 Å². The Morgan fingerprint density at radius 2 is 2.20 bits per heavy atom. The summed E-state index contributed by atoms with van der Waals surface area (Å²) >= 11 is 0. The van der Waals surface area contributed by atoms with Gasteiger partial charge in [-0.15, -0.1) is 0 Å². The van der Waals surface area contributed by atoms with Gasteiger partial charge in [-0.1, -0.05) is 18.9 Å². The van der Waals surface area contributed by atoms with Crippen LogP contribution in [-0.2, 0) is 4.79 Å². The predicted molar refractivity (Wildman–Crippen MR) is 54.8 cm³/mol. The minimum Gasteiger partial charge on any atom is -0.367 e. The maximum Gasteiger partial charge on any atom is 0.244 e. The Morgan fingerprint density at radius 1 is 1.53 bits per heavy atom. The number of carbonyl (C=O) groups is 1. The third kappa shape index (κ3) is 2.90. The molecule has 0 radical (unpaired) electrons. The lowest BCUT2D eigenvalue weighted by Gasteiger charge is -2.13. The molecule has 15 heavy (non-hydrogen) atoms. The summed E-state index contributed by atoms with van der Waals surface area (Å²) in [6.45, 7) is 6.38. The summed E-state index contributed by atoms with van der Waals surface area (Å²) in [5.74, 6) is 0.414. The molecule has 1 aromatic rings. The first-order chi connectivity index (χ1) is 7.02. The number of nitrogen functional groups attached to an aromatic ring is 1. The largest absolute Gasteiger partial charge is 0.367 e. The molecule has 0 saturated carbocycles. The summed E-state index contributed by atoms with van der Waals surface area (Å²) in [4.78, 5) is 11.6. The Labute approximate surface area is 88.0 Å². The molecule has 0 saturated heterocycles. The molecule has 1 atom stereocenters. The molecule has 1 unspecified atom stereocenters. The van der Waals surface area contributed by atoms with Crippen LogP contribution in [0, 0.1) is 5.92 Å². The van der Waals surface area contributed by atoms with Crippen LogP contribution in [0.4, 0.5) is 5.95 Å². The Bertz CT molecular complexity index is 334. The van der Waals surface area contributed by atoms with Crippen LogP contribution >= 0.6 is 0 Å². The second-order valence-electron chi connectivity index (χ2n) is 3.80. The van der Waals surface area contributed by atoms with E-state index in [-0.39, 0.29) is 11.9 Å². The minimum absolute atomic E-state index is 0.136. The number of nitrogens with zero attached hydrogens (tertiary/aromatic N) is 4. The summed E-state index contributed by atoms with van der Waals surface area (Å²) in [5.41, 5.74) is 5.48. The Kier molecular flexibility index (Phi) is 3.59. The van der Waals surface area contributed by atoms with E-state index >= 15 is 0 Å². The van der Waals surface area contributed by atoms with Crippen LogP contribution in [0.1, 0.15) is 26.8 Å². The zero-order valence-corrected chi connectivity index (χ0v) is 9.14. The van der Waals surface area contributed by atoms with Gasteiger partial charge in [-0.2, -0.15) is 4.68 Å². The number of carbonyl (C=O) groups excluding carboxylic acids is 1. The predicted octanol–water partition coefficient (Wildman–Crippen LogP) is -0.411. The van der Waals surface area contributed by atoms with Gasteiger partial charge in [0.2, 0.25) is 11.9 Å². The highest BCUT2D eigenvalue weighted by molar-refractivity contribution is 5.80. The van der Waals surface area contributed by atoms with Crippen molar-refractivity contribution in [2.45, 2.75) is 26.8 Å². The molecular weight excluding hydrogens is 196 g/mol. The second-order valence-corrected chi connectivity index (χ2v) is 3.80. The minimum atomic E-state index is -0.487. The lowest BCUT2D eigenvalue weighted by atomic mass is 10.2. The Balaban J connectivity index is 2.57. The van der Waals surface area contributed by atoms with E-state index in [0.717, 1.165) is 0 Å². The van der Waals surface area contributed by atoms with E-state index in [1.54, 1.807) is 6.92 Å². The van der Waals surface area contributed by atoms with Crippen LogP contribution in [-0.4, -0.2) is 32.7 Å². The molecule has 0 aliphatic rings. The van der Waals surface area contributed by atoms with Crippen LogP contribution < -0.4 is 11.1 Å². The molecule has 0 spiro atoms. The Morgan fingerprint density at radius 3 is 2.67 bits per heavy atom. The third-order valence-corrected chi connectivity index (χ3v) is 1.95. The number of nitrogens with one attached hydrogen (secondary N) is 1. The van der Waals surface area contributed by atoms with E-state index in [2.05, 4.69) is 20.8 Å². The van der Waals surface area contributed by atoms with Gasteiger partial charge in [0.25, 0.3) is 0 Å². The fourth-order valence-corrected chi connectivity index (χ4v) is 1.04. The smallest absolute Gasteiger partial charge is 0.244 e. The summed E-state index contributed by atoms with van der Waals surface area (Å²) in [6, 6.07) is -0.487. The quantitative estimate of drug-likeness (QED) is 0.706. The van der Waals surface area contributed by atoms with Gasteiger partial charge in [-0.25, -0.2) is 0 Å². The summed E-state index contributed by atoms with van der Waals surface area (Å²) in [5, 5.41) is 13.3. The van der Waals surface area contributed by atoms with Crippen LogP contribution in [0.2, 0.25) is 0 Å². The number of hydrogen-bond donors (Lipinski definition) is 2. The van der Waals surface area contributed by atoms with Gasteiger partial charge in [0, 0.05) is 6.54 Å². The lowest BCUT2D eigenvalue weighted by Crippen LogP contribution is -2.34. The highest BCUT2D eigenvalue weighted by atomic mass is 16.2. The van der Waals surface area contributed by atoms with Crippen molar-refractivity contribution in [3.63, 3.8) is 0 Å². The average Bonchev–Trinajstić information content (AvgIpc) is 2.59. The molecule has 84 valence electrons. The molecular formula is C8H16N6O. The molecule has 0 bridgehead atoms.